The number of hydrogen-bond acceptors (Lipinski definition) is 2. The minimum Gasteiger partial charge on any atom is -0.330 e. The first-order chi connectivity index (χ1) is 8.20. The van der Waals surface area contributed by atoms with Crippen LogP contribution in [0, 0.1) is 5.82 Å². The Hall–Kier alpha value is -1.68. The molecule has 0 radical (unpaired) electrons. The summed E-state index contributed by atoms with van der Waals surface area (Å²) in [4.78, 5) is 0. The summed E-state index contributed by atoms with van der Waals surface area (Å²) in [6, 6.07) is 6.58. The number of nitrogens with zero attached hydrogens (tertiary/aromatic N) is 2. The van der Waals surface area contributed by atoms with Gasteiger partial charge < -0.3 is 5.73 Å². The van der Waals surface area contributed by atoms with Gasteiger partial charge in [0.1, 0.15) is 5.82 Å². The number of hydrogen-bond donors (Lipinski definition) is 1. The topological polar surface area (TPSA) is 43.8 Å². The van der Waals surface area contributed by atoms with Crippen LogP contribution < -0.4 is 5.73 Å². The summed E-state index contributed by atoms with van der Waals surface area (Å²) >= 11 is 0. The van der Waals surface area contributed by atoms with Gasteiger partial charge in [0.25, 0.3) is 0 Å². The number of aromatic nitrogens is 2. The van der Waals surface area contributed by atoms with Crippen LogP contribution in [0.1, 0.15) is 12.1 Å². The van der Waals surface area contributed by atoms with Crippen molar-refractivity contribution in [2.75, 3.05) is 6.54 Å². The third-order valence-corrected chi connectivity index (χ3v) is 2.66. The summed E-state index contributed by atoms with van der Waals surface area (Å²) in [5.74, 6) is -0.226. The van der Waals surface area contributed by atoms with Crippen molar-refractivity contribution in [3.63, 3.8) is 0 Å². The van der Waals surface area contributed by atoms with Gasteiger partial charge in [0, 0.05) is 18.8 Å². The maximum atomic E-state index is 13.2. The van der Waals surface area contributed by atoms with Crippen molar-refractivity contribution in [2.24, 2.45) is 12.8 Å². The highest BCUT2D eigenvalue weighted by molar-refractivity contribution is 5.65. The summed E-state index contributed by atoms with van der Waals surface area (Å²) in [5, 5.41) is 4.39. The van der Waals surface area contributed by atoms with Gasteiger partial charge in [0.2, 0.25) is 0 Å². The second-order valence-electron chi connectivity index (χ2n) is 4.07. The second-order valence-corrected chi connectivity index (χ2v) is 4.07. The smallest absolute Gasteiger partial charge is 0.123 e. The van der Waals surface area contributed by atoms with Crippen molar-refractivity contribution in [3.05, 3.63) is 42.0 Å². The first-order valence-corrected chi connectivity index (χ1v) is 5.69. The molecule has 4 heteroatoms. The third kappa shape index (κ3) is 2.71. The Morgan fingerprint density at radius 1 is 1.41 bits per heavy atom. The van der Waals surface area contributed by atoms with Gasteiger partial charge in [-0.3, -0.25) is 4.68 Å². The van der Waals surface area contributed by atoms with Crippen molar-refractivity contribution in [3.8, 4) is 11.1 Å². The summed E-state index contributed by atoms with van der Waals surface area (Å²) in [6.45, 7) is 0.638. The molecule has 0 saturated carbocycles. The van der Waals surface area contributed by atoms with Gasteiger partial charge in [0.15, 0.2) is 0 Å². The molecular weight excluding hydrogens is 217 g/mol. The van der Waals surface area contributed by atoms with Gasteiger partial charge in [-0.2, -0.15) is 5.10 Å². The molecule has 2 N–H and O–H groups in total. The zero-order valence-electron chi connectivity index (χ0n) is 9.86. The fraction of sp³-hybridized carbons (Fsp3) is 0.308. The lowest BCUT2D eigenvalue weighted by Crippen LogP contribution is -2.01. The van der Waals surface area contributed by atoms with Gasteiger partial charge in [-0.25, -0.2) is 4.39 Å². The van der Waals surface area contributed by atoms with E-state index >= 15 is 0 Å². The molecule has 2 rings (SSSR count). The van der Waals surface area contributed by atoms with Crippen LogP contribution in [-0.2, 0) is 13.5 Å². The van der Waals surface area contributed by atoms with Gasteiger partial charge in [-0.1, -0.05) is 12.1 Å². The molecule has 1 heterocycles. The maximum absolute atomic E-state index is 13.2. The molecule has 1 aromatic heterocycles. The van der Waals surface area contributed by atoms with Crippen LogP contribution in [0.2, 0.25) is 0 Å². The van der Waals surface area contributed by atoms with Crippen molar-refractivity contribution < 1.29 is 4.39 Å². The molecule has 0 aliphatic carbocycles. The van der Waals surface area contributed by atoms with E-state index < -0.39 is 0 Å². The normalized spacial score (nSPS) is 10.8. The molecule has 0 fully saturated rings. The van der Waals surface area contributed by atoms with Crippen LogP contribution in [0.15, 0.2) is 30.5 Å². The number of halogens is 1. The van der Waals surface area contributed by atoms with Crippen molar-refractivity contribution in [1.29, 1.82) is 0 Å². The average Bonchev–Trinajstić information content (AvgIpc) is 2.68. The highest BCUT2D eigenvalue weighted by atomic mass is 19.1. The Balaban J connectivity index is 2.37. The zero-order valence-corrected chi connectivity index (χ0v) is 9.86. The van der Waals surface area contributed by atoms with E-state index in [9.17, 15) is 4.39 Å². The highest BCUT2D eigenvalue weighted by Gasteiger charge is 2.09. The van der Waals surface area contributed by atoms with Crippen molar-refractivity contribution in [1.82, 2.24) is 9.78 Å². The highest BCUT2D eigenvalue weighted by Crippen LogP contribution is 2.24. The molecule has 0 atom stereocenters. The largest absolute Gasteiger partial charge is 0.330 e. The summed E-state index contributed by atoms with van der Waals surface area (Å²) in [6.07, 6.45) is 3.63. The van der Waals surface area contributed by atoms with E-state index in [0.717, 1.165) is 29.7 Å². The molecule has 0 amide bonds. The number of aryl methyl sites for hydroxylation is 2. The van der Waals surface area contributed by atoms with E-state index in [1.807, 2.05) is 19.3 Å². The molecule has 0 unspecified atom stereocenters. The third-order valence-electron chi connectivity index (χ3n) is 2.66. The Kier molecular flexibility index (Phi) is 3.54. The predicted octanol–water partition coefficient (Wildman–Crippen LogP) is 2.12. The second kappa shape index (κ2) is 5.10. The number of nitrogens with two attached hydrogens (primary N) is 1. The molecule has 0 aliphatic heterocycles. The molecular formula is C13H16FN3. The fourth-order valence-corrected chi connectivity index (χ4v) is 1.89. The molecule has 1 aromatic carbocycles. The Morgan fingerprint density at radius 3 is 2.94 bits per heavy atom. The van der Waals surface area contributed by atoms with Crippen LogP contribution in [0.25, 0.3) is 11.1 Å². The monoisotopic (exact) mass is 233 g/mol. The van der Waals surface area contributed by atoms with Gasteiger partial charge in [-0.15, -0.1) is 0 Å². The number of rotatable bonds is 4. The minimum atomic E-state index is -0.226. The first kappa shape index (κ1) is 11.8. The Bertz CT molecular complexity index is 505. The average molecular weight is 233 g/mol. The molecule has 90 valence electrons. The fourth-order valence-electron chi connectivity index (χ4n) is 1.89. The van der Waals surface area contributed by atoms with E-state index in [2.05, 4.69) is 5.10 Å². The summed E-state index contributed by atoms with van der Waals surface area (Å²) < 4.78 is 15.0. The van der Waals surface area contributed by atoms with Crippen LogP contribution in [0.4, 0.5) is 4.39 Å². The van der Waals surface area contributed by atoms with E-state index in [0.29, 0.717) is 6.54 Å². The van der Waals surface area contributed by atoms with E-state index in [4.69, 9.17) is 5.73 Å². The Labute approximate surface area is 100 Å². The lowest BCUT2D eigenvalue weighted by Gasteiger charge is -2.01. The van der Waals surface area contributed by atoms with Crippen LogP contribution in [0.3, 0.4) is 0 Å². The maximum Gasteiger partial charge on any atom is 0.123 e. The zero-order chi connectivity index (χ0) is 12.3. The van der Waals surface area contributed by atoms with E-state index in [1.54, 1.807) is 10.7 Å². The SMILES string of the molecule is Cn1cc(-c2cccc(F)c2)c(CCCN)n1. The lowest BCUT2D eigenvalue weighted by atomic mass is 10.0. The lowest BCUT2D eigenvalue weighted by molar-refractivity contribution is 0.628. The van der Waals surface area contributed by atoms with Gasteiger partial charge >= 0.3 is 0 Å². The summed E-state index contributed by atoms with van der Waals surface area (Å²) in [5.41, 5.74) is 8.33. The van der Waals surface area contributed by atoms with Crippen LogP contribution in [0.5, 0.6) is 0 Å². The standard InChI is InChI=1S/C13H16FN3/c1-17-9-12(13(16-17)6-3-7-15)10-4-2-5-11(14)8-10/h2,4-5,8-9H,3,6-7,15H2,1H3. The minimum absolute atomic E-state index is 0.226. The van der Waals surface area contributed by atoms with Gasteiger partial charge in [-0.05, 0) is 37.1 Å². The molecule has 2 aromatic rings. The quantitative estimate of drug-likeness (QED) is 0.879. The first-order valence-electron chi connectivity index (χ1n) is 5.69. The van der Waals surface area contributed by atoms with Crippen LogP contribution >= 0.6 is 0 Å². The molecule has 0 aliphatic rings. The molecule has 0 spiro atoms. The number of benzene rings is 1. The molecule has 17 heavy (non-hydrogen) atoms. The molecule has 3 nitrogen and oxygen atoms in total. The van der Waals surface area contributed by atoms with E-state index in [-0.39, 0.29) is 5.82 Å². The van der Waals surface area contributed by atoms with Crippen molar-refractivity contribution >= 4 is 0 Å². The van der Waals surface area contributed by atoms with E-state index in [1.165, 1.54) is 12.1 Å². The summed E-state index contributed by atoms with van der Waals surface area (Å²) in [7, 11) is 1.87. The Morgan fingerprint density at radius 2 is 2.24 bits per heavy atom. The predicted molar refractivity (Wildman–Crippen MR) is 66.0 cm³/mol. The molecule has 0 bridgehead atoms. The van der Waals surface area contributed by atoms with Crippen molar-refractivity contribution in [2.45, 2.75) is 12.8 Å². The van der Waals surface area contributed by atoms with Gasteiger partial charge in [0.05, 0.1) is 5.69 Å². The molecule has 0 saturated heterocycles. The van der Waals surface area contributed by atoms with Crippen LogP contribution in [-0.4, -0.2) is 16.3 Å².